The number of benzene rings is 2. The number of carbonyl (C=O) groups excluding carboxylic acids is 1. The zero-order valence-electron chi connectivity index (χ0n) is 13.5. The maximum Gasteiger partial charge on any atom is 0.416 e. The highest BCUT2D eigenvalue weighted by molar-refractivity contribution is 5.96. The van der Waals surface area contributed by atoms with Gasteiger partial charge in [-0.3, -0.25) is 14.9 Å². The summed E-state index contributed by atoms with van der Waals surface area (Å²) in [5.41, 5.74) is 0.0286. The number of nitro groups is 1. The van der Waals surface area contributed by atoms with E-state index in [1.165, 1.54) is 49.2 Å². The van der Waals surface area contributed by atoms with Crippen LogP contribution < -0.4 is 0 Å². The lowest BCUT2D eigenvalue weighted by Gasteiger charge is -2.19. The van der Waals surface area contributed by atoms with Gasteiger partial charge in [0, 0.05) is 30.8 Å². The molecule has 2 aromatic carbocycles. The Kier molecular flexibility index (Phi) is 5.10. The highest BCUT2D eigenvalue weighted by Gasteiger charge is 2.30. The first-order chi connectivity index (χ1) is 11.6. The van der Waals surface area contributed by atoms with E-state index in [9.17, 15) is 28.1 Å². The number of rotatable bonds is 4. The van der Waals surface area contributed by atoms with Crippen LogP contribution in [0.5, 0.6) is 0 Å². The summed E-state index contributed by atoms with van der Waals surface area (Å²) in [6.07, 6.45) is -4.42. The van der Waals surface area contributed by atoms with Gasteiger partial charge in [0.1, 0.15) is 0 Å². The molecule has 2 rings (SSSR count). The summed E-state index contributed by atoms with van der Waals surface area (Å²) >= 11 is 0. The summed E-state index contributed by atoms with van der Waals surface area (Å²) in [5, 5.41) is 11.0. The van der Waals surface area contributed by atoms with Gasteiger partial charge in [0.2, 0.25) is 0 Å². The van der Waals surface area contributed by atoms with Crippen molar-refractivity contribution in [3.8, 4) is 0 Å². The SMILES string of the molecule is Cc1c(C(=O)N(C)Cc2ccc(C(F)(F)F)cc2)cccc1[N+](=O)[O-]. The standard InChI is InChI=1S/C17H15F3N2O3/c1-11-14(4-3-5-15(11)22(24)25)16(23)21(2)10-12-6-8-13(9-7-12)17(18,19)20/h3-9H,10H2,1-2H3. The fraction of sp³-hybridized carbons (Fsp3) is 0.235. The van der Waals surface area contributed by atoms with Crippen molar-refractivity contribution in [3.63, 3.8) is 0 Å². The van der Waals surface area contributed by atoms with Crippen molar-refractivity contribution in [2.75, 3.05) is 7.05 Å². The number of carbonyl (C=O) groups is 1. The second-order valence-electron chi connectivity index (χ2n) is 5.56. The first kappa shape index (κ1) is 18.4. The van der Waals surface area contributed by atoms with Crippen molar-refractivity contribution in [1.29, 1.82) is 0 Å². The summed E-state index contributed by atoms with van der Waals surface area (Å²) in [7, 11) is 1.48. The van der Waals surface area contributed by atoms with E-state index in [2.05, 4.69) is 0 Å². The maximum absolute atomic E-state index is 12.6. The topological polar surface area (TPSA) is 63.5 Å². The Morgan fingerprint density at radius 1 is 1.16 bits per heavy atom. The molecule has 0 heterocycles. The Hall–Kier alpha value is -2.90. The molecular weight excluding hydrogens is 337 g/mol. The van der Waals surface area contributed by atoms with Crippen molar-refractivity contribution in [2.24, 2.45) is 0 Å². The molecule has 8 heteroatoms. The molecule has 1 amide bonds. The van der Waals surface area contributed by atoms with Crippen LogP contribution in [0, 0.1) is 17.0 Å². The summed E-state index contributed by atoms with van der Waals surface area (Å²) < 4.78 is 37.7. The van der Waals surface area contributed by atoms with Gasteiger partial charge < -0.3 is 4.90 Å². The quantitative estimate of drug-likeness (QED) is 0.612. The predicted octanol–water partition coefficient (Wildman–Crippen LogP) is 4.19. The lowest BCUT2D eigenvalue weighted by Crippen LogP contribution is -2.27. The number of halogens is 3. The number of hydrogen-bond donors (Lipinski definition) is 0. The average Bonchev–Trinajstić information content (AvgIpc) is 2.53. The summed E-state index contributed by atoms with van der Waals surface area (Å²) in [5.74, 6) is -0.443. The molecule has 0 aliphatic carbocycles. The fourth-order valence-electron chi connectivity index (χ4n) is 2.40. The number of nitrogens with zero attached hydrogens (tertiary/aromatic N) is 2. The monoisotopic (exact) mass is 352 g/mol. The van der Waals surface area contributed by atoms with Gasteiger partial charge in [0.05, 0.1) is 10.5 Å². The van der Waals surface area contributed by atoms with Crippen LogP contribution in [0.4, 0.5) is 18.9 Å². The van der Waals surface area contributed by atoms with Gasteiger partial charge in [-0.1, -0.05) is 18.2 Å². The van der Waals surface area contributed by atoms with E-state index in [4.69, 9.17) is 0 Å². The molecule has 0 aromatic heterocycles. The van der Waals surface area contributed by atoms with E-state index < -0.39 is 22.6 Å². The number of alkyl halides is 3. The summed E-state index contributed by atoms with van der Waals surface area (Å²) in [6, 6.07) is 8.71. The van der Waals surface area contributed by atoms with Crippen LogP contribution in [0.3, 0.4) is 0 Å². The fourth-order valence-corrected chi connectivity index (χ4v) is 2.40. The van der Waals surface area contributed by atoms with E-state index in [0.717, 1.165) is 12.1 Å². The molecule has 0 aliphatic heterocycles. The Bertz CT molecular complexity index is 802. The number of nitro benzene ring substituents is 1. The third-order valence-corrected chi connectivity index (χ3v) is 3.78. The van der Waals surface area contributed by atoms with Crippen LogP contribution in [0.25, 0.3) is 0 Å². The van der Waals surface area contributed by atoms with E-state index in [1.807, 2.05) is 0 Å². The molecule has 132 valence electrons. The Morgan fingerprint density at radius 2 is 1.76 bits per heavy atom. The van der Waals surface area contributed by atoms with Crippen LogP contribution >= 0.6 is 0 Å². The van der Waals surface area contributed by atoms with Crippen molar-refractivity contribution >= 4 is 11.6 Å². The molecule has 0 spiro atoms. The predicted molar refractivity (Wildman–Crippen MR) is 85.1 cm³/mol. The smallest absolute Gasteiger partial charge is 0.337 e. The minimum absolute atomic E-state index is 0.0824. The average molecular weight is 352 g/mol. The zero-order chi connectivity index (χ0) is 18.8. The molecule has 0 radical (unpaired) electrons. The molecular formula is C17H15F3N2O3. The molecule has 0 aliphatic rings. The molecule has 0 fully saturated rings. The molecule has 2 aromatic rings. The second kappa shape index (κ2) is 6.92. The van der Waals surface area contributed by atoms with Crippen LogP contribution in [-0.4, -0.2) is 22.8 Å². The second-order valence-corrected chi connectivity index (χ2v) is 5.56. The van der Waals surface area contributed by atoms with E-state index in [1.54, 1.807) is 0 Å². The van der Waals surface area contributed by atoms with Crippen molar-refractivity contribution < 1.29 is 22.9 Å². The normalized spacial score (nSPS) is 11.2. The van der Waals surface area contributed by atoms with Crippen LogP contribution in [0.2, 0.25) is 0 Å². The molecule has 0 unspecified atom stereocenters. The number of hydrogen-bond acceptors (Lipinski definition) is 3. The van der Waals surface area contributed by atoms with Crippen LogP contribution in [0.15, 0.2) is 42.5 Å². The molecule has 5 nitrogen and oxygen atoms in total. The van der Waals surface area contributed by atoms with Gasteiger partial charge in [-0.25, -0.2) is 0 Å². The maximum atomic E-state index is 12.6. The minimum atomic E-state index is -4.42. The first-order valence-corrected chi connectivity index (χ1v) is 7.27. The van der Waals surface area contributed by atoms with Crippen LogP contribution in [-0.2, 0) is 12.7 Å². The Morgan fingerprint density at radius 3 is 2.28 bits per heavy atom. The lowest BCUT2D eigenvalue weighted by molar-refractivity contribution is -0.385. The lowest BCUT2D eigenvalue weighted by atomic mass is 10.1. The van der Waals surface area contributed by atoms with Gasteiger partial charge >= 0.3 is 6.18 Å². The Balaban J connectivity index is 2.18. The van der Waals surface area contributed by atoms with Gasteiger partial charge in [0.15, 0.2) is 0 Å². The molecule has 0 N–H and O–H groups in total. The van der Waals surface area contributed by atoms with Crippen molar-refractivity contribution in [3.05, 3.63) is 74.8 Å². The van der Waals surface area contributed by atoms with E-state index in [-0.39, 0.29) is 23.4 Å². The molecule has 0 saturated carbocycles. The Labute approximate surface area is 141 Å². The van der Waals surface area contributed by atoms with Crippen LogP contribution in [0.1, 0.15) is 27.0 Å². The molecule has 0 saturated heterocycles. The highest BCUT2D eigenvalue weighted by atomic mass is 19.4. The van der Waals surface area contributed by atoms with Crippen molar-refractivity contribution in [2.45, 2.75) is 19.6 Å². The summed E-state index contributed by atoms with van der Waals surface area (Å²) in [4.78, 5) is 24.2. The van der Waals surface area contributed by atoms with E-state index in [0.29, 0.717) is 5.56 Å². The first-order valence-electron chi connectivity index (χ1n) is 7.27. The van der Waals surface area contributed by atoms with Crippen molar-refractivity contribution in [1.82, 2.24) is 4.90 Å². The largest absolute Gasteiger partial charge is 0.416 e. The molecule has 25 heavy (non-hydrogen) atoms. The molecule has 0 bridgehead atoms. The third kappa shape index (κ3) is 4.14. The zero-order valence-corrected chi connectivity index (χ0v) is 13.5. The number of amides is 1. The highest BCUT2D eigenvalue weighted by Crippen LogP contribution is 2.29. The van der Waals surface area contributed by atoms with Gasteiger partial charge in [-0.05, 0) is 30.7 Å². The minimum Gasteiger partial charge on any atom is -0.337 e. The van der Waals surface area contributed by atoms with Gasteiger partial charge in [-0.2, -0.15) is 13.2 Å². The molecule has 0 atom stereocenters. The van der Waals surface area contributed by atoms with Gasteiger partial charge in [-0.15, -0.1) is 0 Å². The third-order valence-electron chi connectivity index (χ3n) is 3.78. The summed E-state index contributed by atoms with van der Waals surface area (Å²) in [6.45, 7) is 1.57. The van der Waals surface area contributed by atoms with E-state index >= 15 is 0 Å². The van der Waals surface area contributed by atoms with Gasteiger partial charge in [0.25, 0.3) is 11.6 Å².